The van der Waals surface area contributed by atoms with E-state index in [0.29, 0.717) is 18.5 Å². The van der Waals surface area contributed by atoms with Gasteiger partial charge in [0, 0.05) is 25.2 Å². The molecule has 0 spiro atoms. The monoisotopic (exact) mass is 737 g/mol. The fraction of sp³-hybridized carbons (Fsp3) is 0.727. The van der Waals surface area contributed by atoms with E-state index < -0.39 is 12.1 Å². The molecular weight excluding hydrogens is 665 g/mol. The molecule has 3 rings (SSSR count). The molecular formula is C44H72N4O5. The summed E-state index contributed by atoms with van der Waals surface area (Å²) in [6, 6.07) is 8.22. The number of nitrogens with one attached hydrogen (secondary N) is 1. The molecule has 2 heterocycles. The maximum Gasteiger partial charge on any atom is 0.329 e. The van der Waals surface area contributed by atoms with Crippen LogP contribution in [0.3, 0.4) is 0 Å². The van der Waals surface area contributed by atoms with Gasteiger partial charge in [-0.3, -0.25) is 19.3 Å². The lowest BCUT2D eigenvalue weighted by molar-refractivity contribution is -0.158. The van der Waals surface area contributed by atoms with Gasteiger partial charge >= 0.3 is 5.97 Å². The molecule has 1 aromatic carbocycles. The fourth-order valence-corrected chi connectivity index (χ4v) is 8.01. The van der Waals surface area contributed by atoms with Crippen molar-refractivity contribution in [3.63, 3.8) is 0 Å². The van der Waals surface area contributed by atoms with Gasteiger partial charge in [-0.2, -0.15) is 0 Å². The van der Waals surface area contributed by atoms with Gasteiger partial charge < -0.3 is 19.9 Å². The van der Waals surface area contributed by atoms with Crippen molar-refractivity contribution in [3.05, 3.63) is 47.5 Å². The molecule has 298 valence electrons. The van der Waals surface area contributed by atoms with Crippen LogP contribution in [0.25, 0.3) is 0 Å². The number of esters is 1. The van der Waals surface area contributed by atoms with Crippen molar-refractivity contribution in [2.75, 3.05) is 20.1 Å². The van der Waals surface area contributed by atoms with Crippen LogP contribution in [-0.2, 0) is 23.9 Å². The molecule has 0 aromatic heterocycles. The number of benzene rings is 1. The lowest BCUT2D eigenvalue weighted by Crippen LogP contribution is -2.58. The van der Waals surface area contributed by atoms with Gasteiger partial charge in [0.2, 0.25) is 17.7 Å². The summed E-state index contributed by atoms with van der Waals surface area (Å²) in [6.07, 6.45) is 14.7. The minimum atomic E-state index is -0.689. The van der Waals surface area contributed by atoms with E-state index in [1.54, 1.807) is 23.8 Å². The largest absolute Gasteiger partial charge is 0.456 e. The molecule has 1 aromatic rings. The predicted molar refractivity (Wildman–Crippen MR) is 214 cm³/mol. The third kappa shape index (κ3) is 13.0. The first-order valence-electron chi connectivity index (χ1n) is 20.9. The standard InChI is InChI=1S/C44H72N4O5/c1-10-11-12-13-14-15-19-27-39(35-23-17-16-18-24-35)53-44(52)37-26-22-29-48(37)42(50)34(8)30-38(31(2)3)46(9)43(51)40(32(4)5)45-41(49)36-25-20-21-28-47(36)33(6)7/h16-18,23-24,30-33,36-40H,10-15,19-22,25-29H2,1-9H3,(H,45,49)/b34-30+/t36-,37+,38-,39+,40+/m1/s1. The van der Waals surface area contributed by atoms with Crippen LogP contribution in [-0.4, -0.2) is 88.7 Å². The van der Waals surface area contributed by atoms with E-state index in [1.165, 1.54) is 32.1 Å². The molecule has 5 atom stereocenters. The maximum atomic E-state index is 14.1. The van der Waals surface area contributed by atoms with E-state index in [4.69, 9.17) is 4.74 Å². The van der Waals surface area contributed by atoms with Gasteiger partial charge in [0.1, 0.15) is 18.2 Å². The molecule has 0 aliphatic carbocycles. The van der Waals surface area contributed by atoms with Crippen molar-refractivity contribution in [3.8, 4) is 0 Å². The lowest BCUT2D eigenvalue weighted by Gasteiger charge is -2.39. The summed E-state index contributed by atoms with van der Waals surface area (Å²) < 4.78 is 6.22. The maximum absolute atomic E-state index is 14.1. The molecule has 53 heavy (non-hydrogen) atoms. The summed E-state index contributed by atoms with van der Waals surface area (Å²) in [7, 11) is 1.76. The first kappa shape index (κ1) is 44.2. The topological polar surface area (TPSA) is 99.3 Å². The second-order valence-corrected chi connectivity index (χ2v) is 16.5. The molecule has 0 saturated carbocycles. The molecule has 2 aliphatic rings. The second-order valence-electron chi connectivity index (χ2n) is 16.5. The summed E-state index contributed by atoms with van der Waals surface area (Å²) >= 11 is 0. The van der Waals surface area contributed by atoms with Gasteiger partial charge in [0.05, 0.1) is 12.1 Å². The molecule has 9 nitrogen and oxygen atoms in total. The van der Waals surface area contributed by atoms with Gasteiger partial charge in [-0.15, -0.1) is 0 Å². The number of likely N-dealkylation sites (tertiary alicyclic amines) is 2. The molecule has 3 amide bonds. The Bertz CT molecular complexity index is 1330. The van der Waals surface area contributed by atoms with Crippen molar-refractivity contribution >= 4 is 23.7 Å². The van der Waals surface area contributed by atoms with Crippen molar-refractivity contribution in [2.24, 2.45) is 11.8 Å². The highest BCUT2D eigenvalue weighted by Crippen LogP contribution is 2.29. The second kappa shape index (κ2) is 22.2. The van der Waals surface area contributed by atoms with Crippen molar-refractivity contribution in [1.29, 1.82) is 0 Å². The third-order valence-electron chi connectivity index (χ3n) is 11.3. The quantitative estimate of drug-likeness (QED) is 0.0823. The van der Waals surface area contributed by atoms with Crippen LogP contribution in [0, 0.1) is 11.8 Å². The summed E-state index contributed by atoms with van der Waals surface area (Å²) in [6.45, 7) is 17.5. The van der Waals surface area contributed by atoms with E-state index >= 15 is 0 Å². The average Bonchev–Trinajstić information content (AvgIpc) is 3.64. The smallest absolute Gasteiger partial charge is 0.329 e. The Labute approximate surface area is 321 Å². The SMILES string of the molecule is CCCCCCCCC[C@H](OC(=O)[C@@H]1CCCN1C(=O)/C(C)=C/[C@H](C(C)C)N(C)C(=O)[C@@H](NC(=O)[C@H]1CCCCN1C(C)C)C(C)C)c1ccccc1. The molecule has 2 saturated heterocycles. The van der Waals surface area contributed by atoms with Crippen molar-refractivity contribution in [1.82, 2.24) is 20.0 Å². The number of ether oxygens (including phenoxy) is 1. The van der Waals surface area contributed by atoms with Gasteiger partial charge in [-0.25, -0.2) is 4.79 Å². The van der Waals surface area contributed by atoms with E-state index in [1.807, 2.05) is 64.1 Å². The first-order chi connectivity index (χ1) is 25.3. The summed E-state index contributed by atoms with van der Waals surface area (Å²) in [5.41, 5.74) is 1.48. The Hall–Kier alpha value is -3.20. The van der Waals surface area contributed by atoms with Crippen LogP contribution >= 0.6 is 0 Å². The van der Waals surface area contributed by atoms with Crippen molar-refractivity contribution in [2.45, 2.75) is 175 Å². The Balaban J connectivity index is 1.70. The number of amides is 3. The van der Waals surface area contributed by atoms with Gasteiger partial charge in [-0.05, 0) is 83.2 Å². The van der Waals surface area contributed by atoms with Crippen LogP contribution < -0.4 is 5.32 Å². The van der Waals surface area contributed by atoms with E-state index in [9.17, 15) is 19.2 Å². The van der Waals surface area contributed by atoms with Gasteiger partial charge in [0.15, 0.2) is 0 Å². The highest BCUT2D eigenvalue weighted by atomic mass is 16.5. The molecule has 1 N–H and O–H groups in total. The fourth-order valence-electron chi connectivity index (χ4n) is 8.01. The minimum Gasteiger partial charge on any atom is -0.456 e. The normalized spacial score (nSPS) is 20.1. The lowest BCUT2D eigenvalue weighted by atomic mass is 9.95. The number of carbonyl (C=O) groups excluding carboxylic acids is 4. The number of nitrogens with zero attached hydrogens (tertiary/aromatic N) is 3. The highest BCUT2D eigenvalue weighted by Gasteiger charge is 2.39. The van der Waals surface area contributed by atoms with E-state index in [-0.39, 0.29) is 59.8 Å². The number of hydrogen-bond donors (Lipinski definition) is 1. The molecule has 2 aliphatic heterocycles. The van der Waals surface area contributed by atoms with E-state index in [2.05, 4.69) is 31.0 Å². The molecule has 9 heteroatoms. The minimum absolute atomic E-state index is 0.00241. The number of unbranched alkanes of at least 4 members (excludes halogenated alkanes) is 6. The van der Waals surface area contributed by atoms with Crippen LogP contribution in [0.4, 0.5) is 0 Å². The molecule has 0 bridgehead atoms. The molecule has 0 unspecified atom stereocenters. The summed E-state index contributed by atoms with van der Waals surface area (Å²) in [4.78, 5) is 61.1. The number of rotatable bonds is 20. The van der Waals surface area contributed by atoms with Crippen LogP contribution in [0.5, 0.6) is 0 Å². The highest BCUT2D eigenvalue weighted by molar-refractivity contribution is 5.96. The Morgan fingerprint density at radius 3 is 2.11 bits per heavy atom. The van der Waals surface area contributed by atoms with Gasteiger partial charge in [-0.1, -0.05) is 116 Å². The van der Waals surface area contributed by atoms with Crippen LogP contribution in [0.2, 0.25) is 0 Å². The zero-order valence-corrected chi connectivity index (χ0v) is 34.6. The molecule has 2 fully saturated rings. The van der Waals surface area contributed by atoms with Gasteiger partial charge in [0.25, 0.3) is 0 Å². The zero-order valence-electron chi connectivity index (χ0n) is 34.6. The Morgan fingerprint density at radius 1 is 0.849 bits per heavy atom. The third-order valence-corrected chi connectivity index (χ3v) is 11.3. The number of hydrogen-bond acceptors (Lipinski definition) is 6. The van der Waals surface area contributed by atoms with Crippen molar-refractivity contribution < 1.29 is 23.9 Å². The first-order valence-corrected chi connectivity index (χ1v) is 20.9. The van der Waals surface area contributed by atoms with Crippen LogP contribution in [0.1, 0.15) is 151 Å². The van der Waals surface area contributed by atoms with Crippen LogP contribution in [0.15, 0.2) is 42.0 Å². The number of carbonyl (C=O) groups is 4. The number of likely N-dealkylation sites (N-methyl/N-ethyl adjacent to an activating group) is 1. The van der Waals surface area contributed by atoms with E-state index in [0.717, 1.165) is 57.1 Å². The summed E-state index contributed by atoms with van der Waals surface area (Å²) in [5, 5.41) is 3.12. The Morgan fingerprint density at radius 2 is 1.49 bits per heavy atom. The predicted octanol–water partition coefficient (Wildman–Crippen LogP) is 8.24. The molecule has 0 radical (unpaired) electrons. The number of piperidine rings is 1. The average molecular weight is 737 g/mol. The Kier molecular flexibility index (Phi) is 18.5. The zero-order chi connectivity index (χ0) is 39.1. The summed E-state index contributed by atoms with van der Waals surface area (Å²) in [5.74, 6) is -0.942.